The molecule has 1 aromatic carbocycles. The average molecular weight is 483 g/mol. The summed E-state index contributed by atoms with van der Waals surface area (Å²) in [5.41, 5.74) is 2.80. The van der Waals surface area contributed by atoms with Gasteiger partial charge >= 0.3 is 0 Å². The van der Waals surface area contributed by atoms with Crippen molar-refractivity contribution in [1.82, 2.24) is 19.2 Å². The monoisotopic (exact) mass is 482 g/mol. The molecule has 0 N–H and O–H groups in total. The first kappa shape index (κ1) is 22.2. The predicted octanol–water partition coefficient (Wildman–Crippen LogP) is 4.87. The fourth-order valence-electron chi connectivity index (χ4n) is 4.11. The van der Waals surface area contributed by atoms with Gasteiger partial charge in [0.2, 0.25) is 5.78 Å². The van der Waals surface area contributed by atoms with E-state index in [4.69, 9.17) is 9.47 Å². The molecule has 1 aliphatic rings. The van der Waals surface area contributed by atoms with Crippen LogP contribution in [-0.2, 0) is 17.8 Å². The van der Waals surface area contributed by atoms with Crippen LogP contribution in [0.5, 0.6) is 5.75 Å². The number of aromatic nitrogens is 4. The molecule has 1 aliphatic heterocycles. The van der Waals surface area contributed by atoms with Crippen LogP contribution in [-0.4, -0.2) is 38.1 Å². The van der Waals surface area contributed by atoms with Crippen molar-refractivity contribution in [2.75, 3.05) is 12.9 Å². The van der Waals surface area contributed by atoms with Crippen LogP contribution in [0, 0.1) is 5.92 Å². The summed E-state index contributed by atoms with van der Waals surface area (Å²) in [5.74, 6) is 2.33. The third-order valence-corrected chi connectivity index (χ3v) is 8.21. The van der Waals surface area contributed by atoms with Crippen molar-refractivity contribution in [3.63, 3.8) is 0 Å². The molecule has 172 valence electrons. The molecule has 7 nitrogen and oxygen atoms in total. The average Bonchev–Trinajstić information content (AvgIpc) is 3.39. The molecule has 0 bridgehead atoms. The molecular weight excluding hydrogens is 456 g/mol. The van der Waals surface area contributed by atoms with E-state index in [-0.39, 0.29) is 11.7 Å². The van der Waals surface area contributed by atoms with Gasteiger partial charge in [0.25, 0.3) is 5.56 Å². The summed E-state index contributed by atoms with van der Waals surface area (Å²) in [4.78, 5) is 16.0. The van der Waals surface area contributed by atoms with Gasteiger partial charge in [-0.05, 0) is 42.7 Å². The largest absolute Gasteiger partial charge is 0.497 e. The lowest BCUT2D eigenvalue weighted by Gasteiger charge is -2.26. The first-order valence-corrected chi connectivity index (χ1v) is 12.7. The zero-order chi connectivity index (χ0) is 23.3. The number of benzene rings is 1. The minimum absolute atomic E-state index is 0.0755. The Labute approximate surface area is 200 Å². The second kappa shape index (κ2) is 8.62. The summed E-state index contributed by atoms with van der Waals surface area (Å²) in [6, 6.07) is 7.45. The summed E-state index contributed by atoms with van der Waals surface area (Å²) in [6.07, 6.45) is 0.824. The Kier molecular flexibility index (Phi) is 5.80. The lowest BCUT2D eigenvalue weighted by molar-refractivity contribution is 0.00200. The summed E-state index contributed by atoms with van der Waals surface area (Å²) < 4.78 is 15.1. The summed E-state index contributed by atoms with van der Waals surface area (Å²) in [7, 11) is 1.62. The third-order valence-electron chi connectivity index (χ3n) is 5.86. The third kappa shape index (κ3) is 3.78. The Hall–Kier alpha value is -2.62. The Morgan fingerprint density at radius 3 is 2.76 bits per heavy atom. The van der Waals surface area contributed by atoms with Crippen LogP contribution in [0.2, 0.25) is 0 Å². The number of nitrogens with zero attached hydrogens (tertiary/aromatic N) is 4. The van der Waals surface area contributed by atoms with Crippen molar-refractivity contribution in [2.24, 2.45) is 5.92 Å². The van der Waals surface area contributed by atoms with Crippen LogP contribution in [0.3, 0.4) is 0 Å². The molecule has 1 atom stereocenters. The Bertz CT molecular complexity index is 1420. The van der Waals surface area contributed by atoms with Gasteiger partial charge in [-0.2, -0.15) is 0 Å². The van der Waals surface area contributed by atoms with Gasteiger partial charge in [-0.1, -0.05) is 37.8 Å². The van der Waals surface area contributed by atoms with Gasteiger partial charge in [0.05, 0.1) is 30.9 Å². The maximum absolute atomic E-state index is 14.0. The number of rotatable bonds is 6. The molecule has 0 saturated heterocycles. The molecule has 0 saturated carbocycles. The molecule has 0 spiro atoms. The molecular formula is C24H26N4O3S2. The van der Waals surface area contributed by atoms with Crippen molar-refractivity contribution in [3.8, 4) is 11.4 Å². The summed E-state index contributed by atoms with van der Waals surface area (Å²) in [5, 5.41) is 10.4. The smallest absolute Gasteiger partial charge is 0.268 e. The molecule has 9 heteroatoms. The molecule has 1 unspecified atom stereocenters. The van der Waals surface area contributed by atoms with E-state index in [2.05, 4.69) is 30.6 Å². The van der Waals surface area contributed by atoms with Crippen molar-refractivity contribution in [3.05, 3.63) is 57.2 Å². The number of fused-ring (bicyclic) bond motifs is 5. The first-order valence-electron chi connectivity index (χ1n) is 10.9. The van der Waals surface area contributed by atoms with Crippen LogP contribution >= 0.6 is 23.1 Å². The van der Waals surface area contributed by atoms with Crippen molar-refractivity contribution in [1.29, 1.82) is 0 Å². The first-order chi connectivity index (χ1) is 15.9. The molecule has 4 aromatic rings. The van der Waals surface area contributed by atoms with Crippen LogP contribution < -0.4 is 10.3 Å². The van der Waals surface area contributed by atoms with Crippen molar-refractivity contribution >= 4 is 39.1 Å². The van der Waals surface area contributed by atoms with Gasteiger partial charge in [0, 0.05) is 17.1 Å². The normalized spacial score (nSPS) is 16.0. The zero-order valence-electron chi connectivity index (χ0n) is 19.1. The lowest BCUT2D eigenvalue weighted by atomic mass is 9.96. The maximum Gasteiger partial charge on any atom is 0.268 e. The highest BCUT2D eigenvalue weighted by Crippen LogP contribution is 2.37. The molecule has 0 fully saturated rings. The SMILES string of the molecule is C=C(C)CSc1nnc2n(-c3ccc(OC)cc3)c(=O)c3c4c(sc3n12)COC(C(C)C)C4. The van der Waals surface area contributed by atoms with Gasteiger partial charge in [0.15, 0.2) is 5.16 Å². The number of hydrogen-bond acceptors (Lipinski definition) is 7. The van der Waals surface area contributed by atoms with E-state index in [1.54, 1.807) is 34.8 Å². The van der Waals surface area contributed by atoms with E-state index in [1.165, 1.54) is 0 Å². The number of thiophene rings is 1. The molecule has 0 aliphatic carbocycles. The fourth-order valence-corrected chi connectivity index (χ4v) is 6.19. The minimum Gasteiger partial charge on any atom is -0.497 e. The number of hydrogen-bond donors (Lipinski definition) is 0. The predicted molar refractivity (Wildman–Crippen MR) is 133 cm³/mol. The maximum atomic E-state index is 14.0. The second-order valence-corrected chi connectivity index (χ2v) is 10.7. The van der Waals surface area contributed by atoms with Crippen molar-refractivity contribution in [2.45, 2.75) is 45.1 Å². The second-order valence-electron chi connectivity index (χ2n) is 8.68. The van der Waals surface area contributed by atoms with Crippen LogP contribution in [0.15, 0.2) is 46.4 Å². The van der Waals surface area contributed by atoms with Gasteiger partial charge in [-0.3, -0.25) is 4.79 Å². The van der Waals surface area contributed by atoms with Gasteiger partial charge in [-0.15, -0.1) is 21.5 Å². The number of methoxy groups -OCH3 is 1. The van der Waals surface area contributed by atoms with Gasteiger partial charge in [-0.25, -0.2) is 8.97 Å². The fraction of sp³-hybridized carbons (Fsp3) is 0.375. The Morgan fingerprint density at radius 2 is 2.09 bits per heavy atom. The highest BCUT2D eigenvalue weighted by atomic mass is 32.2. The number of ether oxygens (including phenoxy) is 2. The minimum atomic E-state index is -0.0755. The van der Waals surface area contributed by atoms with E-state index in [0.717, 1.165) is 55.0 Å². The van der Waals surface area contributed by atoms with Crippen molar-refractivity contribution < 1.29 is 9.47 Å². The number of thioether (sulfide) groups is 1. The molecule has 0 amide bonds. The van der Waals surface area contributed by atoms with Crippen LogP contribution in [0.4, 0.5) is 0 Å². The highest BCUT2D eigenvalue weighted by molar-refractivity contribution is 7.99. The molecule has 4 heterocycles. The standard InChI is InChI=1S/C24H26N4O3S2/c1-13(2)12-32-24-26-25-23-27(15-6-8-16(30-5)9-7-15)21(29)20-17-10-18(14(3)4)31-11-19(17)33-22(20)28(23)24/h6-9,14,18H,1,10-12H2,2-5H3. The molecule has 33 heavy (non-hydrogen) atoms. The van der Waals surface area contributed by atoms with E-state index in [1.807, 2.05) is 35.6 Å². The van der Waals surface area contributed by atoms with E-state index >= 15 is 0 Å². The zero-order valence-corrected chi connectivity index (χ0v) is 20.8. The summed E-state index contributed by atoms with van der Waals surface area (Å²) >= 11 is 3.19. The highest BCUT2D eigenvalue weighted by Gasteiger charge is 2.30. The van der Waals surface area contributed by atoms with Gasteiger partial charge < -0.3 is 9.47 Å². The van der Waals surface area contributed by atoms with E-state index < -0.39 is 0 Å². The molecule has 5 rings (SSSR count). The Morgan fingerprint density at radius 1 is 1.33 bits per heavy atom. The van der Waals surface area contributed by atoms with Crippen LogP contribution in [0.25, 0.3) is 21.7 Å². The molecule has 0 radical (unpaired) electrons. The van der Waals surface area contributed by atoms with Gasteiger partial charge in [0.1, 0.15) is 10.6 Å². The topological polar surface area (TPSA) is 70.7 Å². The van der Waals surface area contributed by atoms with E-state index in [0.29, 0.717) is 18.3 Å². The summed E-state index contributed by atoms with van der Waals surface area (Å²) in [6.45, 7) is 10.8. The quantitative estimate of drug-likeness (QED) is 0.288. The van der Waals surface area contributed by atoms with E-state index in [9.17, 15) is 4.79 Å². The van der Waals surface area contributed by atoms with Crippen LogP contribution in [0.1, 0.15) is 31.2 Å². The lowest BCUT2D eigenvalue weighted by Crippen LogP contribution is -2.28. The molecule has 3 aromatic heterocycles. The Balaban J connectivity index is 1.81.